The monoisotopic (exact) mass is 261 g/mol. The van der Waals surface area contributed by atoms with Gasteiger partial charge in [0.15, 0.2) is 0 Å². The molecular weight excluding hydrogens is 246 g/mol. The first-order valence-corrected chi connectivity index (χ1v) is 5.72. The number of carbonyl (C=O) groups excluding carboxylic acids is 1. The van der Waals surface area contributed by atoms with Gasteiger partial charge in [-0.2, -0.15) is 0 Å². The lowest BCUT2D eigenvalue weighted by atomic mass is 10.3. The van der Waals surface area contributed by atoms with E-state index in [0.29, 0.717) is 6.42 Å². The zero-order valence-corrected chi connectivity index (χ0v) is 10.7. The highest BCUT2D eigenvalue weighted by Gasteiger charge is 2.13. The van der Waals surface area contributed by atoms with Gasteiger partial charge in [-0.25, -0.2) is 0 Å². The minimum atomic E-state index is -0.471. The highest BCUT2D eigenvalue weighted by molar-refractivity contribution is 7.99. The van der Waals surface area contributed by atoms with Crippen LogP contribution in [0.15, 0.2) is 35.2 Å². The van der Waals surface area contributed by atoms with E-state index < -0.39 is 12.0 Å². The molecule has 1 atom stereocenters. The second-order valence-corrected chi connectivity index (χ2v) is 4.25. The van der Waals surface area contributed by atoms with E-state index in [4.69, 9.17) is 10.5 Å². The largest absolute Gasteiger partial charge is 0.372 e. The molecule has 0 saturated heterocycles. The molecule has 0 bridgehead atoms. The third kappa shape index (κ3) is 5.39. The summed E-state index contributed by atoms with van der Waals surface area (Å²) in [5, 5.41) is 0. The maximum atomic E-state index is 10.9. The zero-order valence-electron chi connectivity index (χ0n) is 9.09. The third-order valence-corrected chi connectivity index (χ3v) is 3.04. The molecular formula is C11H16ClNO2S. The molecule has 0 heterocycles. The number of methoxy groups -OCH3 is 1. The van der Waals surface area contributed by atoms with E-state index in [-0.39, 0.29) is 12.4 Å². The van der Waals surface area contributed by atoms with Crippen LogP contribution in [0.3, 0.4) is 0 Å². The van der Waals surface area contributed by atoms with Crippen LogP contribution in [0.25, 0.3) is 0 Å². The van der Waals surface area contributed by atoms with Crippen molar-refractivity contribution in [3.63, 3.8) is 0 Å². The van der Waals surface area contributed by atoms with Gasteiger partial charge in [0, 0.05) is 17.8 Å². The Morgan fingerprint density at radius 2 is 2.06 bits per heavy atom. The maximum absolute atomic E-state index is 10.9. The summed E-state index contributed by atoms with van der Waals surface area (Å²) in [6, 6.07) is 10.0. The second-order valence-electron chi connectivity index (χ2n) is 3.08. The molecule has 16 heavy (non-hydrogen) atoms. The molecule has 1 unspecified atom stereocenters. The fraction of sp³-hybridized carbons (Fsp3) is 0.364. The molecule has 1 aromatic rings. The Kier molecular flexibility index (Phi) is 8.07. The molecule has 0 fully saturated rings. The van der Waals surface area contributed by atoms with E-state index in [2.05, 4.69) is 0 Å². The first kappa shape index (κ1) is 15.3. The first-order chi connectivity index (χ1) is 7.24. The Labute approximate surface area is 106 Å². The first-order valence-electron chi connectivity index (χ1n) is 4.74. The summed E-state index contributed by atoms with van der Waals surface area (Å²) in [6.07, 6.45) is 0.173. The van der Waals surface area contributed by atoms with Crippen molar-refractivity contribution >= 4 is 30.1 Å². The highest BCUT2D eigenvalue weighted by atomic mass is 35.5. The van der Waals surface area contributed by atoms with Crippen LogP contribution >= 0.6 is 24.2 Å². The van der Waals surface area contributed by atoms with Crippen LogP contribution in [0, 0.1) is 0 Å². The molecule has 1 amide bonds. The van der Waals surface area contributed by atoms with Gasteiger partial charge in [0.25, 0.3) is 0 Å². The maximum Gasteiger partial charge on any atom is 0.246 e. The number of primary amides is 1. The molecule has 1 rings (SSSR count). The average molecular weight is 262 g/mol. The van der Waals surface area contributed by atoms with Gasteiger partial charge in [0.1, 0.15) is 6.10 Å². The molecule has 0 aliphatic carbocycles. The summed E-state index contributed by atoms with van der Waals surface area (Å²) in [5.41, 5.74) is 5.15. The predicted octanol–water partition coefficient (Wildman–Crippen LogP) is 2.09. The van der Waals surface area contributed by atoms with Gasteiger partial charge in [0.2, 0.25) is 5.91 Å². The van der Waals surface area contributed by atoms with Crippen LogP contribution in [-0.4, -0.2) is 24.9 Å². The van der Waals surface area contributed by atoms with Crippen LogP contribution in [0.2, 0.25) is 0 Å². The number of hydrogen-bond acceptors (Lipinski definition) is 3. The van der Waals surface area contributed by atoms with Crippen LogP contribution in [-0.2, 0) is 9.53 Å². The fourth-order valence-corrected chi connectivity index (χ4v) is 2.09. The quantitative estimate of drug-likeness (QED) is 0.798. The van der Waals surface area contributed by atoms with Crippen molar-refractivity contribution in [2.24, 2.45) is 5.73 Å². The van der Waals surface area contributed by atoms with Crippen LogP contribution in [0.5, 0.6) is 0 Å². The Hall–Kier alpha value is -0.710. The third-order valence-electron chi connectivity index (χ3n) is 1.99. The number of nitrogens with two attached hydrogens (primary N) is 1. The number of thioether (sulfide) groups is 1. The van der Waals surface area contributed by atoms with Crippen molar-refractivity contribution in [3.05, 3.63) is 30.3 Å². The van der Waals surface area contributed by atoms with E-state index in [1.165, 1.54) is 12.0 Å². The van der Waals surface area contributed by atoms with Gasteiger partial charge in [-0.1, -0.05) is 18.2 Å². The van der Waals surface area contributed by atoms with E-state index in [1.807, 2.05) is 30.3 Å². The Balaban J connectivity index is 0.00000225. The van der Waals surface area contributed by atoms with E-state index >= 15 is 0 Å². The van der Waals surface area contributed by atoms with E-state index in [1.54, 1.807) is 11.8 Å². The molecule has 0 radical (unpaired) electrons. The molecule has 0 aliphatic heterocycles. The summed E-state index contributed by atoms with van der Waals surface area (Å²) >= 11 is 1.69. The number of carbonyl (C=O) groups is 1. The lowest BCUT2D eigenvalue weighted by Gasteiger charge is -2.10. The number of rotatable bonds is 6. The topological polar surface area (TPSA) is 52.3 Å². The second kappa shape index (κ2) is 8.44. The SMILES string of the molecule is COC(CCSc1ccccc1)C(N)=O.Cl. The minimum absolute atomic E-state index is 0. The van der Waals surface area contributed by atoms with Gasteiger partial charge in [-0.05, 0) is 18.6 Å². The van der Waals surface area contributed by atoms with Gasteiger partial charge in [0.05, 0.1) is 0 Å². The Morgan fingerprint density at radius 3 is 2.56 bits per heavy atom. The lowest BCUT2D eigenvalue weighted by molar-refractivity contribution is -0.127. The summed E-state index contributed by atoms with van der Waals surface area (Å²) in [4.78, 5) is 12.1. The average Bonchev–Trinajstić information content (AvgIpc) is 2.25. The number of benzene rings is 1. The number of ether oxygens (including phenoxy) is 1. The number of halogens is 1. The smallest absolute Gasteiger partial charge is 0.246 e. The van der Waals surface area contributed by atoms with Crippen LogP contribution in [0.1, 0.15) is 6.42 Å². The molecule has 5 heteroatoms. The lowest BCUT2D eigenvalue weighted by Crippen LogP contribution is -2.30. The molecule has 3 nitrogen and oxygen atoms in total. The van der Waals surface area contributed by atoms with Gasteiger partial charge < -0.3 is 10.5 Å². The number of amides is 1. The summed E-state index contributed by atoms with van der Waals surface area (Å²) < 4.78 is 4.96. The zero-order chi connectivity index (χ0) is 11.1. The van der Waals surface area contributed by atoms with Crippen molar-refractivity contribution < 1.29 is 9.53 Å². The van der Waals surface area contributed by atoms with Crippen molar-refractivity contribution in [2.75, 3.05) is 12.9 Å². The highest BCUT2D eigenvalue weighted by Crippen LogP contribution is 2.18. The van der Waals surface area contributed by atoms with Gasteiger partial charge in [-0.15, -0.1) is 24.2 Å². The molecule has 0 aliphatic rings. The van der Waals surface area contributed by atoms with Crippen molar-refractivity contribution in [2.45, 2.75) is 17.4 Å². The fourth-order valence-electron chi connectivity index (χ4n) is 1.18. The normalized spacial score (nSPS) is 11.6. The van der Waals surface area contributed by atoms with Gasteiger partial charge in [-0.3, -0.25) is 4.79 Å². The number of hydrogen-bond donors (Lipinski definition) is 1. The summed E-state index contributed by atoms with van der Waals surface area (Å²) in [7, 11) is 1.50. The van der Waals surface area contributed by atoms with Crippen molar-refractivity contribution in [1.82, 2.24) is 0 Å². The van der Waals surface area contributed by atoms with E-state index in [9.17, 15) is 4.79 Å². The molecule has 0 saturated carbocycles. The molecule has 1 aromatic carbocycles. The Bertz CT molecular complexity index is 308. The molecule has 2 N–H and O–H groups in total. The van der Waals surface area contributed by atoms with Crippen LogP contribution < -0.4 is 5.73 Å². The molecule has 90 valence electrons. The predicted molar refractivity (Wildman–Crippen MR) is 69.0 cm³/mol. The molecule has 0 aromatic heterocycles. The van der Waals surface area contributed by atoms with Crippen LogP contribution in [0.4, 0.5) is 0 Å². The summed E-state index contributed by atoms with van der Waals surface area (Å²) in [6.45, 7) is 0. The summed E-state index contributed by atoms with van der Waals surface area (Å²) in [5.74, 6) is 0.428. The van der Waals surface area contributed by atoms with Gasteiger partial charge >= 0.3 is 0 Å². The van der Waals surface area contributed by atoms with Crippen molar-refractivity contribution in [3.8, 4) is 0 Å². The molecule has 0 spiro atoms. The Morgan fingerprint density at radius 1 is 1.44 bits per heavy atom. The minimum Gasteiger partial charge on any atom is -0.372 e. The van der Waals surface area contributed by atoms with E-state index in [0.717, 1.165) is 5.75 Å². The van der Waals surface area contributed by atoms with Crippen molar-refractivity contribution in [1.29, 1.82) is 0 Å². The standard InChI is InChI=1S/C11H15NO2S.ClH/c1-14-10(11(12)13)7-8-15-9-5-3-2-4-6-9;/h2-6,10H,7-8H2,1H3,(H2,12,13);1H.